The molecule has 0 saturated carbocycles. The van der Waals surface area contributed by atoms with E-state index in [1.165, 1.54) is 0 Å². The summed E-state index contributed by atoms with van der Waals surface area (Å²) in [5.74, 6) is 5.95. The lowest BCUT2D eigenvalue weighted by Gasteiger charge is -1.78. The Morgan fingerprint density at radius 2 is 1.50 bits per heavy atom. The second kappa shape index (κ2) is 1.79. The Labute approximate surface area is 34.3 Å². The monoisotopic (exact) mass is 99.0 g/mol. The molecule has 0 aliphatic carbocycles. The molecule has 4 heteroatoms. The van der Waals surface area contributed by atoms with E-state index in [-0.39, 0.29) is 4.05 Å². The van der Waals surface area contributed by atoms with Gasteiger partial charge in [-0.1, -0.05) is 0 Å². The highest BCUT2D eigenvalue weighted by molar-refractivity contribution is 6.33. The highest BCUT2D eigenvalue weighted by Crippen LogP contribution is 1.85. The Bertz CT molecular complexity index is 8.75. The van der Waals surface area contributed by atoms with Gasteiger partial charge in [-0.3, -0.25) is 0 Å². The van der Waals surface area contributed by atoms with Crippen LogP contribution in [0.4, 0.5) is 0 Å². The van der Waals surface area contributed by atoms with E-state index in [0.717, 1.165) is 0 Å². The van der Waals surface area contributed by atoms with E-state index in [1.54, 1.807) is 0 Å². The van der Waals surface area contributed by atoms with Gasteiger partial charge in [0.1, 0.15) is 0 Å². The molecule has 0 heterocycles. The van der Waals surface area contributed by atoms with Crippen LogP contribution in [0.25, 0.3) is 0 Å². The van der Waals surface area contributed by atoms with E-state index >= 15 is 0 Å². The Balaban J connectivity index is 2.32. The molecule has 4 heavy (non-hydrogen) atoms. The standard InChI is InChI=1S/Cl2HN2/c1-4(2)3/h3H. The van der Waals surface area contributed by atoms with Crippen LogP contribution in [0.15, 0.2) is 0 Å². The van der Waals surface area contributed by atoms with E-state index in [0.29, 0.717) is 0 Å². The highest BCUT2D eigenvalue weighted by Gasteiger charge is 1.69. The summed E-state index contributed by atoms with van der Waals surface area (Å²) in [6.45, 7) is 0. The third kappa shape index (κ3) is 22.5. The first-order valence-corrected chi connectivity index (χ1v) is 1.24. The first kappa shape index (κ1) is 4.50. The lowest BCUT2D eigenvalue weighted by molar-refractivity contribution is 0.734. The number of halogens is 2. The van der Waals surface area contributed by atoms with Crippen molar-refractivity contribution in [2.75, 3.05) is 0 Å². The number of nitrogens with one attached hydrogen (secondary N) is 1. The lowest BCUT2D eigenvalue weighted by atomic mass is 13.0. The van der Waals surface area contributed by atoms with Crippen LogP contribution < -0.4 is 5.84 Å². The van der Waals surface area contributed by atoms with E-state index < -0.39 is 0 Å². The van der Waals surface area contributed by atoms with Gasteiger partial charge in [-0.15, -0.1) is 5.84 Å². The molecule has 0 aromatic heterocycles. The minimum absolute atomic E-state index is 0.194. The molecule has 0 fully saturated rings. The predicted molar refractivity (Wildman–Crippen MR) is 16.6 cm³/mol. The Kier molecular flexibility index (Phi) is 2.01. The highest BCUT2D eigenvalue weighted by atomic mass is 35.5. The maximum atomic E-state index is 5.95. The molecular formula is HCl2N2. The average molecular weight is 99.9 g/mol. The van der Waals surface area contributed by atoms with E-state index in [9.17, 15) is 0 Å². The summed E-state index contributed by atoms with van der Waals surface area (Å²) in [5, 5.41) is 0. The number of hydrogen-bond acceptors (Lipinski definition) is 1. The third-order valence-electron chi connectivity index (χ3n) is 0. The molecule has 0 aromatic rings. The molecule has 0 aliphatic heterocycles. The summed E-state index contributed by atoms with van der Waals surface area (Å²) in [7, 11) is 0. The minimum Gasteiger partial charge on any atom is -0.146 e. The second-order valence-electron chi connectivity index (χ2n) is 0.233. The summed E-state index contributed by atoms with van der Waals surface area (Å²) in [5.41, 5.74) is 0. The quantitative estimate of drug-likeness (QED) is 0.326. The molecule has 0 atom stereocenters. The SMILES string of the molecule is [NH]N(Cl)Cl. The lowest BCUT2D eigenvalue weighted by Crippen LogP contribution is -1.84. The van der Waals surface area contributed by atoms with Crippen LogP contribution in [0, 0.1) is 0 Å². The van der Waals surface area contributed by atoms with Gasteiger partial charge in [-0.2, -0.15) is 0 Å². The molecule has 0 spiro atoms. The van der Waals surface area contributed by atoms with Gasteiger partial charge in [0.15, 0.2) is 0 Å². The number of hydrogen-bond donors (Lipinski definition) is 0. The molecule has 0 bridgehead atoms. The van der Waals surface area contributed by atoms with Gasteiger partial charge in [0.2, 0.25) is 0 Å². The van der Waals surface area contributed by atoms with E-state index in [4.69, 9.17) is 5.84 Å². The van der Waals surface area contributed by atoms with Gasteiger partial charge in [-0.25, -0.2) is 0 Å². The molecule has 0 aliphatic rings. The Morgan fingerprint density at radius 3 is 1.50 bits per heavy atom. The fourth-order valence-electron chi connectivity index (χ4n) is 0. The predicted octanol–water partition coefficient (Wildman–Crippen LogP) is 0.794. The van der Waals surface area contributed by atoms with Crippen LogP contribution in [0.5, 0.6) is 0 Å². The van der Waals surface area contributed by atoms with E-state index in [2.05, 4.69) is 23.6 Å². The van der Waals surface area contributed by atoms with Crippen molar-refractivity contribution in [3.05, 3.63) is 0 Å². The van der Waals surface area contributed by atoms with Crippen LogP contribution in [0.2, 0.25) is 0 Å². The van der Waals surface area contributed by atoms with Crippen molar-refractivity contribution in [1.29, 1.82) is 0 Å². The number of nitrogens with zero attached hydrogens (tertiary/aromatic N) is 1. The fraction of sp³-hybridized carbons (Fsp3) is 0. The largest absolute Gasteiger partial charge is 0.146 e. The first-order valence-electron chi connectivity index (χ1n) is 0.562. The molecular weight excluding hydrogens is 98.9 g/mol. The molecule has 0 amide bonds. The smallest absolute Gasteiger partial charge is 0.0136 e. The average Bonchev–Trinajstić information content (AvgIpc) is 0.811. The van der Waals surface area contributed by atoms with Crippen molar-refractivity contribution in [2.45, 2.75) is 0 Å². The zero-order valence-electron chi connectivity index (χ0n) is 1.70. The van der Waals surface area contributed by atoms with Crippen molar-refractivity contribution in [1.82, 2.24) is 9.89 Å². The van der Waals surface area contributed by atoms with Gasteiger partial charge in [0.25, 0.3) is 0 Å². The van der Waals surface area contributed by atoms with Crippen LogP contribution >= 0.6 is 23.6 Å². The summed E-state index contributed by atoms with van der Waals surface area (Å²) in [4.78, 5) is 0. The van der Waals surface area contributed by atoms with Gasteiger partial charge in [0.05, 0.1) is 0 Å². The summed E-state index contributed by atoms with van der Waals surface area (Å²) in [6.07, 6.45) is 0. The summed E-state index contributed by atoms with van der Waals surface area (Å²) in [6, 6.07) is 0. The van der Waals surface area contributed by atoms with Crippen molar-refractivity contribution in [2.24, 2.45) is 0 Å². The Hall–Kier alpha value is 0.500. The molecule has 0 aromatic carbocycles. The fourth-order valence-corrected chi connectivity index (χ4v) is 0. The molecule has 1 radical (unpaired) electrons. The molecule has 1 N–H and O–H groups in total. The van der Waals surface area contributed by atoms with Crippen molar-refractivity contribution in [3.8, 4) is 0 Å². The van der Waals surface area contributed by atoms with Gasteiger partial charge >= 0.3 is 0 Å². The van der Waals surface area contributed by atoms with Crippen LogP contribution in [0.1, 0.15) is 0 Å². The number of rotatable bonds is 0. The maximum absolute atomic E-state index is 5.95. The first-order chi connectivity index (χ1) is 1.73. The van der Waals surface area contributed by atoms with Crippen molar-refractivity contribution >= 4 is 23.6 Å². The summed E-state index contributed by atoms with van der Waals surface area (Å²) < 4.78 is 0.194. The van der Waals surface area contributed by atoms with Crippen LogP contribution in [-0.4, -0.2) is 4.05 Å². The second-order valence-corrected chi connectivity index (χ2v) is 1.08. The zero-order valence-corrected chi connectivity index (χ0v) is 3.22. The molecule has 2 nitrogen and oxygen atoms in total. The molecule has 0 rings (SSSR count). The van der Waals surface area contributed by atoms with E-state index in [1.807, 2.05) is 0 Å². The molecule has 0 saturated heterocycles. The van der Waals surface area contributed by atoms with Gasteiger partial charge in [0, 0.05) is 23.6 Å². The minimum atomic E-state index is 0.194. The maximum Gasteiger partial charge on any atom is 0.0136 e. The molecule has 25 valence electrons. The van der Waals surface area contributed by atoms with Gasteiger partial charge in [-0.05, 0) is 4.05 Å². The Morgan fingerprint density at radius 1 is 1.50 bits per heavy atom. The van der Waals surface area contributed by atoms with Gasteiger partial charge < -0.3 is 0 Å². The normalized spacial score (nSPS) is 9.00. The third-order valence-corrected chi connectivity index (χ3v) is 0. The topological polar surface area (TPSA) is 27.0 Å². The van der Waals surface area contributed by atoms with Crippen molar-refractivity contribution < 1.29 is 0 Å². The van der Waals surface area contributed by atoms with Crippen LogP contribution in [0.3, 0.4) is 0 Å². The zero-order chi connectivity index (χ0) is 3.58. The summed E-state index contributed by atoms with van der Waals surface area (Å²) >= 11 is 9.08. The van der Waals surface area contributed by atoms with Crippen LogP contribution in [-0.2, 0) is 0 Å². The van der Waals surface area contributed by atoms with Crippen molar-refractivity contribution in [3.63, 3.8) is 0 Å². The molecule has 0 unspecified atom stereocenters.